The van der Waals surface area contributed by atoms with Gasteiger partial charge in [-0.15, -0.1) is 5.10 Å². The van der Waals surface area contributed by atoms with E-state index < -0.39 is 0 Å². The zero-order valence-corrected chi connectivity index (χ0v) is 18.0. The second-order valence-electron chi connectivity index (χ2n) is 7.77. The minimum atomic E-state index is -0.313. The number of benzene rings is 1. The van der Waals surface area contributed by atoms with Crippen LogP contribution in [0.3, 0.4) is 0 Å². The van der Waals surface area contributed by atoms with Crippen molar-refractivity contribution in [2.75, 3.05) is 6.54 Å². The number of hydrogen-bond acceptors (Lipinski definition) is 6. The predicted molar refractivity (Wildman–Crippen MR) is 117 cm³/mol. The summed E-state index contributed by atoms with van der Waals surface area (Å²) in [4.78, 5) is 23.2. The summed E-state index contributed by atoms with van der Waals surface area (Å²) in [6.07, 6.45) is 3.88. The standard InChI is InChI=1S/C24H21FN6O2/c1-16-22(31(29-28-16)20-7-5-19(25)6-8-20)15-33-23-9-4-18-14-30(12-10-21(18)27-23)24(32)17-3-2-11-26-13-17/h2-9,11,13H,10,12,14-15H2,1H3. The third-order valence-corrected chi connectivity index (χ3v) is 5.60. The van der Waals surface area contributed by atoms with Crippen molar-refractivity contribution in [2.24, 2.45) is 0 Å². The molecule has 0 bridgehead atoms. The Morgan fingerprint density at radius 1 is 1.15 bits per heavy atom. The minimum absolute atomic E-state index is 0.0360. The first-order valence-electron chi connectivity index (χ1n) is 10.6. The van der Waals surface area contributed by atoms with E-state index >= 15 is 0 Å². The topological polar surface area (TPSA) is 86.0 Å². The fourth-order valence-corrected chi connectivity index (χ4v) is 3.80. The summed E-state index contributed by atoms with van der Waals surface area (Å²) in [5, 5.41) is 8.27. The maximum atomic E-state index is 13.3. The lowest BCUT2D eigenvalue weighted by Crippen LogP contribution is -2.36. The number of aromatic nitrogens is 5. The number of fused-ring (bicyclic) bond motifs is 1. The van der Waals surface area contributed by atoms with Gasteiger partial charge in [0, 0.05) is 38.0 Å². The van der Waals surface area contributed by atoms with Crippen molar-refractivity contribution in [3.8, 4) is 11.6 Å². The lowest BCUT2D eigenvalue weighted by atomic mass is 10.0. The molecule has 1 amide bonds. The van der Waals surface area contributed by atoms with Gasteiger partial charge in [0.05, 0.1) is 22.6 Å². The molecule has 3 aromatic heterocycles. The molecule has 0 fully saturated rings. The Kier molecular flexibility index (Phi) is 5.52. The van der Waals surface area contributed by atoms with Gasteiger partial charge < -0.3 is 9.64 Å². The molecule has 0 saturated heterocycles. The van der Waals surface area contributed by atoms with E-state index in [9.17, 15) is 9.18 Å². The molecule has 1 aliphatic rings. The predicted octanol–water partition coefficient (Wildman–Crippen LogP) is 3.28. The Morgan fingerprint density at radius 3 is 2.79 bits per heavy atom. The van der Waals surface area contributed by atoms with Crippen molar-refractivity contribution in [2.45, 2.75) is 26.5 Å². The van der Waals surface area contributed by atoms with Crippen LogP contribution in [0.4, 0.5) is 4.39 Å². The van der Waals surface area contributed by atoms with E-state index in [0.717, 1.165) is 22.6 Å². The maximum absolute atomic E-state index is 13.3. The van der Waals surface area contributed by atoms with Crippen molar-refractivity contribution in [3.05, 3.63) is 95.0 Å². The van der Waals surface area contributed by atoms with Gasteiger partial charge in [-0.05, 0) is 48.9 Å². The summed E-state index contributed by atoms with van der Waals surface area (Å²) in [5.41, 5.74) is 4.68. The normalized spacial score (nSPS) is 13.0. The molecule has 0 N–H and O–H groups in total. The van der Waals surface area contributed by atoms with Crippen LogP contribution in [0.5, 0.6) is 5.88 Å². The molecular formula is C24H21FN6O2. The molecule has 8 nitrogen and oxygen atoms in total. The number of amides is 1. The molecule has 33 heavy (non-hydrogen) atoms. The maximum Gasteiger partial charge on any atom is 0.255 e. The van der Waals surface area contributed by atoms with Crippen molar-refractivity contribution in [3.63, 3.8) is 0 Å². The molecule has 4 aromatic rings. The first-order valence-corrected chi connectivity index (χ1v) is 10.6. The van der Waals surface area contributed by atoms with E-state index in [1.54, 1.807) is 52.3 Å². The fourth-order valence-electron chi connectivity index (χ4n) is 3.80. The first kappa shape index (κ1) is 20.7. The van der Waals surface area contributed by atoms with Crippen LogP contribution in [0.25, 0.3) is 5.69 Å². The van der Waals surface area contributed by atoms with Gasteiger partial charge in [-0.25, -0.2) is 14.1 Å². The zero-order chi connectivity index (χ0) is 22.8. The van der Waals surface area contributed by atoms with Crippen LogP contribution in [0.15, 0.2) is 60.9 Å². The molecule has 0 aliphatic carbocycles. The number of carbonyl (C=O) groups excluding carboxylic acids is 1. The molecule has 0 spiro atoms. The number of halogens is 1. The number of carbonyl (C=O) groups is 1. The summed E-state index contributed by atoms with van der Waals surface area (Å²) in [6, 6.07) is 13.3. The molecule has 0 saturated carbocycles. The highest BCUT2D eigenvalue weighted by Crippen LogP contribution is 2.23. The van der Waals surface area contributed by atoms with Gasteiger partial charge in [-0.1, -0.05) is 11.3 Å². The highest BCUT2D eigenvalue weighted by atomic mass is 19.1. The van der Waals surface area contributed by atoms with Crippen molar-refractivity contribution < 1.29 is 13.9 Å². The van der Waals surface area contributed by atoms with Crippen LogP contribution in [-0.4, -0.2) is 42.3 Å². The second-order valence-corrected chi connectivity index (χ2v) is 7.77. The van der Waals surface area contributed by atoms with Gasteiger partial charge >= 0.3 is 0 Å². The van der Waals surface area contributed by atoms with Crippen LogP contribution in [0.1, 0.15) is 33.0 Å². The summed E-state index contributed by atoms with van der Waals surface area (Å²) < 4.78 is 20.9. The van der Waals surface area contributed by atoms with Crippen LogP contribution in [-0.2, 0) is 19.6 Å². The van der Waals surface area contributed by atoms with Crippen LogP contribution in [0.2, 0.25) is 0 Å². The molecule has 9 heteroatoms. The highest BCUT2D eigenvalue weighted by Gasteiger charge is 2.23. The average Bonchev–Trinajstić information content (AvgIpc) is 3.23. The molecular weight excluding hydrogens is 423 g/mol. The fraction of sp³-hybridized carbons (Fsp3) is 0.208. The van der Waals surface area contributed by atoms with E-state index in [1.807, 2.05) is 13.0 Å². The van der Waals surface area contributed by atoms with E-state index in [2.05, 4.69) is 20.3 Å². The number of pyridine rings is 2. The van der Waals surface area contributed by atoms with Gasteiger partial charge in [0.1, 0.15) is 18.1 Å². The average molecular weight is 444 g/mol. The Balaban J connectivity index is 1.28. The first-order chi connectivity index (χ1) is 16.1. The Bertz CT molecular complexity index is 1290. The van der Waals surface area contributed by atoms with E-state index in [1.165, 1.54) is 12.1 Å². The van der Waals surface area contributed by atoms with E-state index in [-0.39, 0.29) is 18.3 Å². The smallest absolute Gasteiger partial charge is 0.255 e. The summed E-state index contributed by atoms with van der Waals surface area (Å²) >= 11 is 0. The highest BCUT2D eigenvalue weighted by molar-refractivity contribution is 5.94. The van der Waals surface area contributed by atoms with Crippen LogP contribution >= 0.6 is 0 Å². The number of rotatable bonds is 5. The largest absolute Gasteiger partial charge is 0.471 e. The van der Waals surface area contributed by atoms with Crippen LogP contribution in [0, 0.1) is 12.7 Å². The van der Waals surface area contributed by atoms with E-state index in [0.29, 0.717) is 36.6 Å². The summed E-state index contributed by atoms with van der Waals surface area (Å²) in [7, 11) is 0. The van der Waals surface area contributed by atoms with Crippen LogP contribution < -0.4 is 4.74 Å². The van der Waals surface area contributed by atoms with Gasteiger partial charge in [0.2, 0.25) is 5.88 Å². The SMILES string of the molecule is Cc1nnn(-c2ccc(F)cc2)c1COc1ccc2c(n1)CCN(C(=O)c1cccnc1)C2. The van der Waals surface area contributed by atoms with Crippen molar-refractivity contribution in [1.82, 2.24) is 29.9 Å². The monoisotopic (exact) mass is 444 g/mol. The number of hydrogen-bond donors (Lipinski definition) is 0. The number of nitrogens with zero attached hydrogens (tertiary/aromatic N) is 6. The molecule has 1 aliphatic heterocycles. The Hall–Kier alpha value is -4.14. The molecule has 5 rings (SSSR count). The molecule has 0 unspecified atom stereocenters. The quantitative estimate of drug-likeness (QED) is 0.470. The molecule has 0 radical (unpaired) electrons. The van der Waals surface area contributed by atoms with Gasteiger partial charge in [-0.3, -0.25) is 9.78 Å². The second kappa shape index (κ2) is 8.78. The third-order valence-electron chi connectivity index (χ3n) is 5.60. The molecule has 4 heterocycles. The molecule has 0 atom stereocenters. The lowest BCUT2D eigenvalue weighted by Gasteiger charge is -2.28. The van der Waals surface area contributed by atoms with Gasteiger partial charge in [0.25, 0.3) is 5.91 Å². The van der Waals surface area contributed by atoms with Gasteiger partial charge in [0.15, 0.2) is 0 Å². The Labute approximate surface area is 189 Å². The minimum Gasteiger partial charge on any atom is -0.471 e. The zero-order valence-electron chi connectivity index (χ0n) is 18.0. The van der Waals surface area contributed by atoms with Gasteiger partial charge in [-0.2, -0.15) is 0 Å². The summed E-state index contributed by atoms with van der Waals surface area (Å²) in [6.45, 7) is 3.14. The Morgan fingerprint density at radius 2 is 2.00 bits per heavy atom. The number of aryl methyl sites for hydroxylation is 1. The lowest BCUT2D eigenvalue weighted by molar-refractivity contribution is 0.0733. The van der Waals surface area contributed by atoms with Crippen molar-refractivity contribution in [1.29, 1.82) is 0 Å². The summed E-state index contributed by atoms with van der Waals surface area (Å²) in [5.74, 6) is 0.144. The number of ether oxygens (including phenoxy) is 1. The third kappa shape index (κ3) is 4.30. The van der Waals surface area contributed by atoms with E-state index in [4.69, 9.17) is 4.74 Å². The molecule has 1 aromatic carbocycles. The van der Waals surface area contributed by atoms with Crippen molar-refractivity contribution >= 4 is 5.91 Å². The molecule has 166 valence electrons.